The summed E-state index contributed by atoms with van der Waals surface area (Å²) in [6.45, 7) is 0.561. The Kier molecular flexibility index (Phi) is 6.29. The molecule has 0 saturated carbocycles. The number of nitrogens with one attached hydrogen (secondary N) is 1. The van der Waals surface area contributed by atoms with Crippen molar-refractivity contribution in [1.82, 2.24) is 5.32 Å². The van der Waals surface area contributed by atoms with Crippen LogP contribution in [0.25, 0.3) is 0 Å². The van der Waals surface area contributed by atoms with E-state index in [1.54, 1.807) is 14.2 Å². The zero-order valence-corrected chi connectivity index (χ0v) is 14.0. The summed E-state index contributed by atoms with van der Waals surface area (Å²) in [5.74, 6) is 1.39. The second kappa shape index (κ2) is 8.44. The monoisotopic (exact) mass is 333 g/mol. The zero-order valence-electron chi connectivity index (χ0n) is 13.3. The lowest BCUT2D eigenvalue weighted by atomic mass is 10.1. The molecular weight excluding hydrogens is 314 g/mol. The molecule has 2 aromatic carbocycles. The van der Waals surface area contributed by atoms with Crippen molar-refractivity contribution < 1.29 is 14.3 Å². The number of ether oxygens (including phenoxy) is 2. The Morgan fingerprint density at radius 3 is 2.61 bits per heavy atom. The van der Waals surface area contributed by atoms with Crippen molar-refractivity contribution in [3.63, 3.8) is 0 Å². The first kappa shape index (κ1) is 17.2. The highest BCUT2D eigenvalue weighted by atomic mass is 35.5. The topological polar surface area (TPSA) is 47.6 Å². The first-order valence-electron chi connectivity index (χ1n) is 7.34. The summed E-state index contributed by atoms with van der Waals surface area (Å²) in [5, 5.41) is 3.49. The maximum Gasteiger partial charge on any atom is 0.224 e. The molecular formula is C18H20ClNO3. The van der Waals surface area contributed by atoms with Crippen LogP contribution in [0, 0.1) is 0 Å². The Bertz CT molecular complexity index is 673. The molecule has 0 spiro atoms. The van der Waals surface area contributed by atoms with Crippen molar-refractivity contribution in [3.05, 3.63) is 58.6 Å². The standard InChI is InChI=1S/C18H20ClNO3/c1-22-15-5-3-4-14(10-15)12-18(21)20-9-8-13-6-7-17(23-2)16(19)11-13/h3-7,10-11H,8-9,12H2,1-2H3,(H,20,21). The largest absolute Gasteiger partial charge is 0.497 e. The summed E-state index contributed by atoms with van der Waals surface area (Å²) in [7, 11) is 3.19. The molecule has 0 unspecified atom stereocenters. The predicted molar refractivity (Wildman–Crippen MR) is 91.4 cm³/mol. The van der Waals surface area contributed by atoms with Crippen molar-refractivity contribution in [3.8, 4) is 11.5 Å². The summed E-state index contributed by atoms with van der Waals surface area (Å²) < 4.78 is 10.3. The Labute approximate surface area is 141 Å². The van der Waals surface area contributed by atoms with Gasteiger partial charge in [-0.3, -0.25) is 4.79 Å². The fraction of sp³-hybridized carbons (Fsp3) is 0.278. The van der Waals surface area contributed by atoms with Gasteiger partial charge in [-0.05, 0) is 41.8 Å². The van der Waals surface area contributed by atoms with Crippen molar-refractivity contribution in [2.75, 3.05) is 20.8 Å². The van der Waals surface area contributed by atoms with Gasteiger partial charge in [0.25, 0.3) is 0 Å². The van der Waals surface area contributed by atoms with E-state index in [0.29, 0.717) is 30.2 Å². The molecule has 0 aliphatic heterocycles. The summed E-state index contributed by atoms with van der Waals surface area (Å²) in [6, 6.07) is 13.1. The minimum absolute atomic E-state index is 0.0159. The minimum Gasteiger partial charge on any atom is -0.497 e. The quantitative estimate of drug-likeness (QED) is 0.846. The van der Waals surface area contributed by atoms with E-state index in [0.717, 1.165) is 16.9 Å². The van der Waals surface area contributed by atoms with Gasteiger partial charge in [-0.15, -0.1) is 0 Å². The Morgan fingerprint density at radius 2 is 1.91 bits per heavy atom. The number of benzene rings is 2. The summed E-state index contributed by atoms with van der Waals surface area (Å²) >= 11 is 6.08. The van der Waals surface area contributed by atoms with Crippen LogP contribution in [0.4, 0.5) is 0 Å². The van der Waals surface area contributed by atoms with E-state index in [1.165, 1.54) is 0 Å². The van der Waals surface area contributed by atoms with Crippen LogP contribution in [0.5, 0.6) is 11.5 Å². The molecule has 122 valence electrons. The van der Waals surface area contributed by atoms with Gasteiger partial charge in [-0.2, -0.15) is 0 Å². The van der Waals surface area contributed by atoms with Gasteiger partial charge in [-0.1, -0.05) is 29.8 Å². The van der Waals surface area contributed by atoms with E-state index in [1.807, 2.05) is 42.5 Å². The number of amides is 1. The maximum atomic E-state index is 12.0. The molecule has 0 aromatic heterocycles. The molecule has 2 aromatic rings. The van der Waals surface area contributed by atoms with Crippen LogP contribution >= 0.6 is 11.6 Å². The number of methoxy groups -OCH3 is 2. The van der Waals surface area contributed by atoms with Gasteiger partial charge in [0.15, 0.2) is 0 Å². The van der Waals surface area contributed by atoms with Gasteiger partial charge in [0.2, 0.25) is 5.91 Å². The van der Waals surface area contributed by atoms with Crippen LogP contribution in [0.2, 0.25) is 5.02 Å². The van der Waals surface area contributed by atoms with E-state index in [4.69, 9.17) is 21.1 Å². The minimum atomic E-state index is -0.0159. The molecule has 0 atom stereocenters. The van der Waals surface area contributed by atoms with Crippen molar-refractivity contribution in [2.45, 2.75) is 12.8 Å². The molecule has 0 aliphatic rings. The van der Waals surface area contributed by atoms with Crippen LogP contribution in [0.1, 0.15) is 11.1 Å². The molecule has 2 rings (SSSR count). The van der Waals surface area contributed by atoms with Crippen LogP contribution in [0.3, 0.4) is 0 Å². The molecule has 0 saturated heterocycles. The number of hydrogen-bond donors (Lipinski definition) is 1. The first-order chi connectivity index (χ1) is 11.1. The zero-order chi connectivity index (χ0) is 16.7. The molecule has 1 N–H and O–H groups in total. The van der Waals surface area contributed by atoms with Crippen molar-refractivity contribution in [2.24, 2.45) is 0 Å². The SMILES string of the molecule is COc1cccc(CC(=O)NCCc2ccc(OC)c(Cl)c2)c1. The Morgan fingerprint density at radius 1 is 1.09 bits per heavy atom. The van der Waals surface area contributed by atoms with E-state index < -0.39 is 0 Å². The first-order valence-corrected chi connectivity index (χ1v) is 7.72. The predicted octanol–water partition coefficient (Wildman–Crippen LogP) is 3.26. The average molecular weight is 334 g/mol. The van der Waals surface area contributed by atoms with E-state index >= 15 is 0 Å². The van der Waals surface area contributed by atoms with E-state index in [2.05, 4.69) is 5.32 Å². The number of halogens is 1. The fourth-order valence-corrected chi connectivity index (χ4v) is 2.52. The number of rotatable bonds is 7. The lowest BCUT2D eigenvalue weighted by molar-refractivity contribution is -0.120. The molecule has 4 nitrogen and oxygen atoms in total. The summed E-state index contributed by atoms with van der Waals surface area (Å²) in [5.41, 5.74) is 1.98. The Hall–Kier alpha value is -2.20. The second-order valence-electron chi connectivity index (χ2n) is 5.10. The van der Waals surface area contributed by atoms with Crippen LogP contribution < -0.4 is 14.8 Å². The summed E-state index contributed by atoms with van der Waals surface area (Å²) in [4.78, 5) is 12.0. The summed E-state index contributed by atoms with van der Waals surface area (Å²) in [6.07, 6.45) is 1.05. The number of hydrogen-bond acceptors (Lipinski definition) is 3. The molecule has 0 fully saturated rings. The molecule has 5 heteroatoms. The smallest absolute Gasteiger partial charge is 0.224 e. The average Bonchev–Trinajstić information content (AvgIpc) is 2.55. The molecule has 0 radical (unpaired) electrons. The van der Waals surface area contributed by atoms with E-state index in [-0.39, 0.29) is 5.91 Å². The third kappa shape index (κ3) is 5.18. The molecule has 1 amide bonds. The highest BCUT2D eigenvalue weighted by molar-refractivity contribution is 6.32. The van der Waals surface area contributed by atoms with Gasteiger partial charge in [0, 0.05) is 6.54 Å². The highest BCUT2D eigenvalue weighted by Crippen LogP contribution is 2.24. The molecule has 0 aliphatic carbocycles. The molecule has 0 bridgehead atoms. The lowest BCUT2D eigenvalue weighted by Gasteiger charge is -2.08. The van der Waals surface area contributed by atoms with Gasteiger partial charge in [0.05, 0.1) is 25.7 Å². The van der Waals surface area contributed by atoms with Crippen LogP contribution in [-0.2, 0) is 17.6 Å². The van der Waals surface area contributed by atoms with Gasteiger partial charge in [-0.25, -0.2) is 0 Å². The lowest BCUT2D eigenvalue weighted by Crippen LogP contribution is -2.27. The third-order valence-electron chi connectivity index (χ3n) is 3.45. The van der Waals surface area contributed by atoms with Crippen LogP contribution in [-0.4, -0.2) is 26.7 Å². The van der Waals surface area contributed by atoms with Gasteiger partial charge >= 0.3 is 0 Å². The van der Waals surface area contributed by atoms with E-state index in [9.17, 15) is 4.79 Å². The molecule has 0 heterocycles. The maximum absolute atomic E-state index is 12.0. The van der Waals surface area contributed by atoms with Crippen molar-refractivity contribution >= 4 is 17.5 Å². The fourth-order valence-electron chi connectivity index (χ4n) is 2.24. The number of carbonyl (C=O) groups is 1. The third-order valence-corrected chi connectivity index (χ3v) is 3.75. The van der Waals surface area contributed by atoms with Gasteiger partial charge < -0.3 is 14.8 Å². The highest BCUT2D eigenvalue weighted by Gasteiger charge is 2.05. The Balaban J connectivity index is 1.81. The molecule has 23 heavy (non-hydrogen) atoms. The van der Waals surface area contributed by atoms with Crippen molar-refractivity contribution in [1.29, 1.82) is 0 Å². The number of carbonyl (C=O) groups excluding carboxylic acids is 1. The normalized spacial score (nSPS) is 10.2. The van der Waals surface area contributed by atoms with Crippen LogP contribution in [0.15, 0.2) is 42.5 Å². The van der Waals surface area contributed by atoms with Gasteiger partial charge in [0.1, 0.15) is 11.5 Å². The second-order valence-corrected chi connectivity index (χ2v) is 5.50.